The molecule has 54 valence electrons. The molecule has 0 spiro atoms. The molecule has 0 aromatic heterocycles. The highest BCUT2D eigenvalue weighted by Crippen LogP contribution is 1.97. The Bertz CT molecular complexity index is 111. The SMILES string of the molecule is COC[C@](C)(N)C(=O)O. The van der Waals surface area contributed by atoms with E-state index in [0.29, 0.717) is 0 Å². The normalized spacial score (nSPS) is 16.8. The molecule has 0 saturated carbocycles. The van der Waals surface area contributed by atoms with Gasteiger partial charge >= 0.3 is 5.97 Å². The van der Waals surface area contributed by atoms with Gasteiger partial charge in [-0.1, -0.05) is 0 Å². The highest BCUT2D eigenvalue weighted by molar-refractivity contribution is 5.77. The molecule has 3 N–H and O–H groups in total. The van der Waals surface area contributed by atoms with Crippen LogP contribution in [0.1, 0.15) is 6.92 Å². The number of nitrogens with two attached hydrogens (primary N) is 1. The van der Waals surface area contributed by atoms with Gasteiger partial charge in [0.2, 0.25) is 0 Å². The van der Waals surface area contributed by atoms with Gasteiger partial charge < -0.3 is 15.6 Å². The van der Waals surface area contributed by atoms with Crippen LogP contribution in [0.5, 0.6) is 0 Å². The van der Waals surface area contributed by atoms with Crippen LogP contribution in [-0.2, 0) is 9.53 Å². The van der Waals surface area contributed by atoms with E-state index in [4.69, 9.17) is 10.8 Å². The summed E-state index contributed by atoms with van der Waals surface area (Å²) in [5.74, 6) is -1.05. The largest absolute Gasteiger partial charge is 0.480 e. The number of hydrogen-bond donors (Lipinski definition) is 2. The first-order chi connectivity index (χ1) is 4.00. The van der Waals surface area contributed by atoms with Crippen molar-refractivity contribution in [2.75, 3.05) is 13.7 Å². The zero-order valence-electron chi connectivity index (χ0n) is 5.55. The summed E-state index contributed by atoms with van der Waals surface area (Å²) in [5, 5.41) is 8.37. The van der Waals surface area contributed by atoms with Crippen LogP contribution >= 0.6 is 0 Å². The van der Waals surface area contributed by atoms with E-state index >= 15 is 0 Å². The summed E-state index contributed by atoms with van der Waals surface area (Å²) in [6.07, 6.45) is 0. The van der Waals surface area contributed by atoms with Crippen molar-refractivity contribution < 1.29 is 14.6 Å². The molecule has 0 fully saturated rings. The molecule has 0 bridgehead atoms. The van der Waals surface area contributed by atoms with E-state index in [2.05, 4.69) is 4.74 Å². The Morgan fingerprint density at radius 1 is 1.89 bits per heavy atom. The van der Waals surface area contributed by atoms with Crippen molar-refractivity contribution in [2.45, 2.75) is 12.5 Å². The summed E-state index contributed by atoms with van der Waals surface area (Å²) in [5.41, 5.74) is 3.99. The van der Waals surface area contributed by atoms with Crippen molar-refractivity contribution in [1.29, 1.82) is 0 Å². The fraction of sp³-hybridized carbons (Fsp3) is 0.800. The van der Waals surface area contributed by atoms with E-state index in [1.165, 1.54) is 14.0 Å². The standard InChI is InChI=1S/C5H11NO3/c1-5(6,3-9-2)4(7)8/h3,6H2,1-2H3,(H,7,8)/t5-/m0/s1. The quantitative estimate of drug-likeness (QED) is 0.541. The van der Waals surface area contributed by atoms with E-state index in [1.807, 2.05) is 0 Å². The number of carboxylic acid groups (broad SMARTS) is 1. The van der Waals surface area contributed by atoms with Crippen molar-refractivity contribution in [2.24, 2.45) is 5.73 Å². The maximum atomic E-state index is 10.2. The Kier molecular flexibility index (Phi) is 2.61. The highest BCUT2D eigenvalue weighted by Gasteiger charge is 2.27. The Labute approximate surface area is 53.6 Å². The first-order valence-corrected chi connectivity index (χ1v) is 2.52. The first kappa shape index (κ1) is 8.39. The number of rotatable bonds is 3. The van der Waals surface area contributed by atoms with Crippen molar-refractivity contribution in [1.82, 2.24) is 0 Å². The number of carbonyl (C=O) groups is 1. The van der Waals surface area contributed by atoms with E-state index in [-0.39, 0.29) is 6.61 Å². The van der Waals surface area contributed by atoms with Crippen molar-refractivity contribution in [3.8, 4) is 0 Å². The van der Waals surface area contributed by atoms with Crippen molar-refractivity contribution in [3.05, 3.63) is 0 Å². The lowest BCUT2D eigenvalue weighted by molar-refractivity contribution is -0.144. The Morgan fingerprint density at radius 3 is 2.44 bits per heavy atom. The van der Waals surface area contributed by atoms with Gasteiger partial charge in [-0.15, -0.1) is 0 Å². The van der Waals surface area contributed by atoms with Crippen LogP contribution in [0.2, 0.25) is 0 Å². The zero-order chi connectivity index (χ0) is 7.49. The van der Waals surface area contributed by atoms with E-state index < -0.39 is 11.5 Å². The minimum Gasteiger partial charge on any atom is -0.480 e. The molecule has 0 heterocycles. The van der Waals surface area contributed by atoms with Gasteiger partial charge in [0.1, 0.15) is 5.54 Å². The highest BCUT2D eigenvalue weighted by atomic mass is 16.5. The predicted molar refractivity (Wildman–Crippen MR) is 32.1 cm³/mol. The second kappa shape index (κ2) is 2.80. The number of hydrogen-bond acceptors (Lipinski definition) is 3. The third-order valence-electron chi connectivity index (χ3n) is 0.933. The van der Waals surface area contributed by atoms with Crippen molar-refractivity contribution in [3.63, 3.8) is 0 Å². The molecule has 0 aliphatic carbocycles. The van der Waals surface area contributed by atoms with Gasteiger partial charge in [-0.2, -0.15) is 0 Å². The summed E-state index contributed by atoms with van der Waals surface area (Å²) in [6.45, 7) is 1.43. The van der Waals surface area contributed by atoms with Gasteiger partial charge in [-0.3, -0.25) is 4.79 Å². The predicted octanol–water partition coefficient (Wildman–Crippen LogP) is -0.565. The smallest absolute Gasteiger partial charge is 0.325 e. The minimum atomic E-state index is -1.26. The number of ether oxygens (including phenoxy) is 1. The van der Waals surface area contributed by atoms with Crippen LogP contribution in [0.3, 0.4) is 0 Å². The van der Waals surface area contributed by atoms with Crippen LogP contribution in [0.4, 0.5) is 0 Å². The summed E-state index contributed by atoms with van der Waals surface area (Å²) in [4.78, 5) is 10.2. The molecule has 9 heavy (non-hydrogen) atoms. The number of methoxy groups -OCH3 is 1. The summed E-state index contributed by atoms with van der Waals surface area (Å²) < 4.78 is 4.56. The summed E-state index contributed by atoms with van der Waals surface area (Å²) in [7, 11) is 1.41. The third kappa shape index (κ3) is 2.43. The molecule has 1 atom stereocenters. The van der Waals surface area contributed by atoms with Gasteiger partial charge in [0.25, 0.3) is 0 Å². The van der Waals surface area contributed by atoms with Crippen LogP contribution in [0.25, 0.3) is 0 Å². The first-order valence-electron chi connectivity index (χ1n) is 2.52. The van der Waals surface area contributed by atoms with Crippen molar-refractivity contribution >= 4 is 5.97 Å². The molecular weight excluding hydrogens is 122 g/mol. The average Bonchev–Trinajstić information content (AvgIpc) is 1.65. The molecule has 0 aromatic rings. The fourth-order valence-corrected chi connectivity index (χ4v) is 0.362. The molecule has 4 nitrogen and oxygen atoms in total. The summed E-state index contributed by atoms with van der Waals surface area (Å²) in [6, 6.07) is 0. The third-order valence-corrected chi connectivity index (χ3v) is 0.933. The monoisotopic (exact) mass is 133 g/mol. The van der Waals surface area contributed by atoms with Gasteiger partial charge in [-0.25, -0.2) is 0 Å². The molecule has 0 rings (SSSR count). The molecule has 0 aliphatic rings. The lowest BCUT2D eigenvalue weighted by Crippen LogP contribution is -2.48. The Hall–Kier alpha value is -0.610. The number of aliphatic carboxylic acids is 1. The molecule has 0 amide bonds. The molecular formula is C5H11NO3. The van der Waals surface area contributed by atoms with Crippen LogP contribution in [0.15, 0.2) is 0 Å². The van der Waals surface area contributed by atoms with E-state index in [0.717, 1.165) is 0 Å². The fourth-order valence-electron chi connectivity index (χ4n) is 0.362. The van der Waals surface area contributed by atoms with E-state index in [1.54, 1.807) is 0 Å². The minimum absolute atomic E-state index is 0.0301. The molecule has 0 saturated heterocycles. The Balaban J connectivity index is 3.85. The van der Waals surface area contributed by atoms with Crippen LogP contribution < -0.4 is 5.73 Å². The second-order valence-corrected chi connectivity index (χ2v) is 2.16. The Morgan fingerprint density at radius 2 is 2.33 bits per heavy atom. The molecule has 0 aromatic carbocycles. The lowest BCUT2D eigenvalue weighted by Gasteiger charge is -2.16. The second-order valence-electron chi connectivity index (χ2n) is 2.16. The average molecular weight is 133 g/mol. The molecule has 0 radical (unpaired) electrons. The van der Waals surface area contributed by atoms with Gasteiger partial charge in [0, 0.05) is 7.11 Å². The molecule has 4 heteroatoms. The van der Waals surface area contributed by atoms with Gasteiger partial charge in [-0.05, 0) is 6.92 Å². The van der Waals surface area contributed by atoms with Crippen LogP contribution in [-0.4, -0.2) is 30.3 Å². The molecule has 0 aliphatic heterocycles. The topological polar surface area (TPSA) is 72.5 Å². The van der Waals surface area contributed by atoms with Gasteiger partial charge in [0.05, 0.1) is 6.61 Å². The van der Waals surface area contributed by atoms with E-state index in [9.17, 15) is 4.79 Å². The summed E-state index contributed by atoms with van der Waals surface area (Å²) >= 11 is 0. The lowest BCUT2D eigenvalue weighted by atomic mass is 10.1. The zero-order valence-corrected chi connectivity index (χ0v) is 5.55. The van der Waals surface area contributed by atoms with Gasteiger partial charge in [0.15, 0.2) is 0 Å². The molecule has 0 unspecified atom stereocenters. The maximum absolute atomic E-state index is 10.2. The number of carboxylic acids is 1. The maximum Gasteiger partial charge on any atom is 0.325 e. The van der Waals surface area contributed by atoms with Crippen LogP contribution in [0, 0.1) is 0 Å².